The topological polar surface area (TPSA) is 58.6 Å². The van der Waals surface area contributed by atoms with Gasteiger partial charge in [-0.05, 0) is 42.1 Å². The Morgan fingerprint density at radius 1 is 1.26 bits per heavy atom. The third kappa shape index (κ3) is 3.41. The molecule has 0 radical (unpaired) electrons. The van der Waals surface area contributed by atoms with Gasteiger partial charge in [0.2, 0.25) is 10.0 Å². The molecule has 0 fully saturated rings. The lowest BCUT2D eigenvalue weighted by molar-refractivity contribution is 0.338. The minimum Gasteiger partial charge on any atom is -0.494 e. The van der Waals surface area contributed by atoms with Gasteiger partial charge in [0.15, 0.2) is 0 Å². The Morgan fingerprint density at radius 3 is 2.57 bits per heavy atom. The van der Waals surface area contributed by atoms with Crippen LogP contribution in [0.15, 0.2) is 47.9 Å². The summed E-state index contributed by atoms with van der Waals surface area (Å²) >= 11 is 1.57. The van der Waals surface area contributed by atoms with E-state index in [9.17, 15) is 8.42 Å². The number of sulfonamides is 1. The molecule has 7 heteroatoms. The maximum Gasteiger partial charge on any atom is 0.228 e. The van der Waals surface area contributed by atoms with E-state index in [1.807, 2.05) is 54.8 Å². The van der Waals surface area contributed by atoms with Gasteiger partial charge in [-0.1, -0.05) is 18.2 Å². The maximum absolute atomic E-state index is 12.1. The van der Waals surface area contributed by atoms with Crippen LogP contribution in [0.4, 0.5) is 0 Å². The van der Waals surface area contributed by atoms with E-state index in [4.69, 9.17) is 4.74 Å². The molecular formula is C16H18N2O3S2. The van der Waals surface area contributed by atoms with Crippen molar-refractivity contribution in [2.24, 2.45) is 0 Å². The Morgan fingerprint density at radius 2 is 2.00 bits per heavy atom. The number of hydrogen-bond donors (Lipinski definition) is 1. The van der Waals surface area contributed by atoms with Crippen LogP contribution in [0.2, 0.25) is 0 Å². The molecule has 1 atom stereocenters. The third-order valence-corrected chi connectivity index (χ3v) is 5.42. The van der Waals surface area contributed by atoms with Crippen LogP contribution < -0.4 is 10.2 Å². The number of benzene rings is 1. The Hall–Kier alpha value is -1.83. The van der Waals surface area contributed by atoms with Crippen molar-refractivity contribution >= 4 is 27.1 Å². The van der Waals surface area contributed by atoms with Crippen molar-refractivity contribution in [3.05, 3.63) is 58.3 Å². The molecule has 1 aromatic carbocycles. The van der Waals surface area contributed by atoms with Crippen LogP contribution in [0, 0.1) is 0 Å². The fraction of sp³-hybridized carbons (Fsp3) is 0.250. The lowest BCUT2D eigenvalue weighted by Crippen LogP contribution is -2.38. The van der Waals surface area contributed by atoms with Crippen LogP contribution in [0.3, 0.4) is 0 Å². The van der Waals surface area contributed by atoms with Gasteiger partial charge < -0.3 is 10.2 Å². The highest BCUT2D eigenvalue weighted by Gasteiger charge is 2.33. The monoisotopic (exact) mass is 350 g/mol. The highest BCUT2D eigenvalue weighted by atomic mass is 32.2. The second-order valence-electron chi connectivity index (χ2n) is 5.18. The average molecular weight is 350 g/mol. The van der Waals surface area contributed by atoms with Gasteiger partial charge in [-0.2, -0.15) is 0 Å². The summed E-state index contributed by atoms with van der Waals surface area (Å²) in [7, 11) is -3.40. The zero-order valence-electron chi connectivity index (χ0n) is 12.9. The number of thiophene rings is 1. The molecule has 0 unspecified atom stereocenters. The second-order valence-corrected chi connectivity index (χ2v) is 7.98. The molecule has 3 rings (SSSR count). The summed E-state index contributed by atoms with van der Waals surface area (Å²) in [6.07, 6.45) is 3.13. The van der Waals surface area contributed by atoms with Gasteiger partial charge in [-0.25, -0.2) is 8.42 Å². The van der Waals surface area contributed by atoms with Crippen LogP contribution >= 0.6 is 11.3 Å². The average Bonchev–Trinajstić information content (AvgIpc) is 3.17. The van der Waals surface area contributed by atoms with Crippen LogP contribution in [-0.4, -0.2) is 25.7 Å². The van der Waals surface area contributed by atoms with Crippen molar-refractivity contribution in [3.8, 4) is 5.75 Å². The fourth-order valence-electron chi connectivity index (χ4n) is 2.47. The third-order valence-electron chi connectivity index (χ3n) is 3.48. The van der Waals surface area contributed by atoms with Crippen LogP contribution in [0.25, 0.3) is 5.70 Å². The van der Waals surface area contributed by atoms with Crippen LogP contribution in [0.1, 0.15) is 23.4 Å². The molecule has 23 heavy (non-hydrogen) atoms. The van der Waals surface area contributed by atoms with Gasteiger partial charge in [0.05, 0.1) is 29.5 Å². The predicted molar refractivity (Wildman–Crippen MR) is 92.5 cm³/mol. The van der Waals surface area contributed by atoms with Crippen molar-refractivity contribution in [2.45, 2.75) is 13.0 Å². The summed E-state index contributed by atoms with van der Waals surface area (Å²) in [5.41, 5.74) is 4.70. The second kappa shape index (κ2) is 6.35. The number of hydrazine groups is 1. The van der Waals surface area contributed by atoms with Gasteiger partial charge >= 0.3 is 0 Å². The molecule has 1 aromatic heterocycles. The Kier molecular flexibility index (Phi) is 4.43. The molecule has 0 saturated heterocycles. The first-order valence-corrected chi connectivity index (χ1v) is 9.96. The molecule has 2 heterocycles. The molecule has 2 aromatic rings. The van der Waals surface area contributed by atoms with Gasteiger partial charge in [0.1, 0.15) is 5.75 Å². The van der Waals surface area contributed by atoms with Crippen molar-refractivity contribution in [3.63, 3.8) is 0 Å². The standard InChI is InChI=1S/C16H18N2O3S2/c1-3-21-13-8-6-12(7-9-13)15-11-14(16-5-4-10-22-16)17-18(15)23(2,19)20/h4-11,15,17H,3H2,1-2H3/t15-/m0/s1. The number of rotatable bonds is 5. The first-order valence-electron chi connectivity index (χ1n) is 7.23. The summed E-state index contributed by atoms with van der Waals surface area (Å²) in [5.74, 6) is 0.774. The highest BCUT2D eigenvalue weighted by molar-refractivity contribution is 7.88. The molecule has 1 aliphatic rings. The van der Waals surface area contributed by atoms with Gasteiger partial charge in [-0.15, -0.1) is 15.8 Å². The minimum absolute atomic E-state index is 0.377. The smallest absolute Gasteiger partial charge is 0.228 e. The summed E-state index contributed by atoms with van der Waals surface area (Å²) < 4.78 is 30.9. The summed E-state index contributed by atoms with van der Waals surface area (Å²) in [6.45, 7) is 2.53. The van der Waals surface area contributed by atoms with E-state index >= 15 is 0 Å². The van der Waals surface area contributed by atoms with E-state index in [0.29, 0.717) is 6.61 Å². The summed E-state index contributed by atoms with van der Waals surface area (Å²) in [5, 5.41) is 1.97. The van der Waals surface area contributed by atoms with E-state index in [2.05, 4.69) is 5.43 Å². The quantitative estimate of drug-likeness (QED) is 0.900. The lowest BCUT2D eigenvalue weighted by atomic mass is 10.1. The molecule has 1 N–H and O–H groups in total. The van der Waals surface area contributed by atoms with Gasteiger partial charge in [-0.3, -0.25) is 0 Å². The molecule has 0 amide bonds. The summed E-state index contributed by atoms with van der Waals surface area (Å²) in [4.78, 5) is 1.01. The van der Waals surface area contributed by atoms with E-state index in [0.717, 1.165) is 21.9 Å². The molecule has 0 saturated carbocycles. The summed E-state index contributed by atoms with van der Waals surface area (Å²) in [6, 6.07) is 11.0. The number of nitrogens with one attached hydrogen (secondary N) is 1. The van der Waals surface area contributed by atoms with E-state index in [1.165, 1.54) is 10.7 Å². The zero-order valence-corrected chi connectivity index (χ0v) is 14.5. The van der Waals surface area contributed by atoms with Crippen molar-refractivity contribution < 1.29 is 13.2 Å². The largest absolute Gasteiger partial charge is 0.494 e. The highest BCUT2D eigenvalue weighted by Crippen LogP contribution is 2.34. The normalized spacial score (nSPS) is 18.5. The molecular weight excluding hydrogens is 332 g/mol. The lowest BCUT2D eigenvalue weighted by Gasteiger charge is -2.22. The Labute approximate surface area is 140 Å². The number of ether oxygens (including phenoxy) is 1. The maximum atomic E-state index is 12.1. The van der Waals surface area contributed by atoms with Crippen molar-refractivity contribution in [1.82, 2.24) is 9.84 Å². The number of nitrogens with zero attached hydrogens (tertiary/aromatic N) is 1. The predicted octanol–water partition coefficient (Wildman–Crippen LogP) is 3.01. The molecule has 122 valence electrons. The fourth-order valence-corrected chi connectivity index (χ4v) is 4.03. The molecule has 0 bridgehead atoms. The number of hydrogen-bond acceptors (Lipinski definition) is 5. The van der Waals surface area contributed by atoms with E-state index < -0.39 is 10.0 Å². The Balaban J connectivity index is 1.95. The van der Waals surface area contributed by atoms with Gasteiger partial charge in [0.25, 0.3) is 0 Å². The molecule has 0 aliphatic carbocycles. The van der Waals surface area contributed by atoms with Crippen molar-refractivity contribution in [1.29, 1.82) is 0 Å². The van der Waals surface area contributed by atoms with Crippen molar-refractivity contribution in [2.75, 3.05) is 12.9 Å². The molecule has 0 spiro atoms. The molecule has 1 aliphatic heterocycles. The first-order chi connectivity index (χ1) is 11.0. The van der Waals surface area contributed by atoms with Gasteiger partial charge in [0, 0.05) is 0 Å². The Bertz CT molecular complexity index is 796. The molecule has 5 nitrogen and oxygen atoms in total. The zero-order chi connectivity index (χ0) is 16.4. The van der Waals surface area contributed by atoms with Crippen LogP contribution in [0.5, 0.6) is 5.75 Å². The van der Waals surface area contributed by atoms with Crippen LogP contribution in [-0.2, 0) is 10.0 Å². The SMILES string of the molecule is CCOc1ccc([C@@H]2C=C(c3cccs3)NN2S(C)(=O)=O)cc1. The first kappa shape index (κ1) is 16.0. The van der Waals surface area contributed by atoms with E-state index in [1.54, 1.807) is 11.3 Å². The minimum atomic E-state index is -3.40. The van der Waals surface area contributed by atoms with E-state index in [-0.39, 0.29) is 6.04 Å².